The Hall–Kier alpha value is -1.81. The molecule has 1 heterocycles. The number of carbonyl (C=O) groups excluding carboxylic acids is 1. The fourth-order valence-electron chi connectivity index (χ4n) is 3.96. The Balaban J connectivity index is 1.54. The van der Waals surface area contributed by atoms with E-state index >= 15 is 0 Å². The maximum atomic E-state index is 13.0. The number of aliphatic hydroxyl groups is 1. The molecule has 5 heteroatoms. The third-order valence-corrected chi connectivity index (χ3v) is 5.79. The highest BCUT2D eigenvalue weighted by Crippen LogP contribution is 2.39. The first kappa shape index (κ1) is 17.6. The SMILES string of the molecule is O=C(C(CO)c1ccc(Cl)cc1)N1CCC2=C(Cc3ccc(Cl)cc32)C1. The zero-order valence-electron chi connectivity index (χ0n) is 14.2. The molecule has 1 unspecified atom stereocenters. The largest absolute Gasteiger partial charge is 0.395 e. The van der Waals surface area contributed by atoms with Crippen LogP contribution in [0.4, 0.5) is 0 Å². The Kier molecular flexibility index (Phi) is 4.78. The van der Waals surface area contributed by atoms with Crippen LogP contribution in [0.5, 0.6) is 0 Å². The Morgan fingerprint density at radius 1 is 1.12 bits per heavy atom. The highest BCUT2D eigenvalue weighted by molar-refractivity contribution is 6.31. The molecule has 0 bridgehead atoms. The molecular formula is C21H19Cl2NO2. The summed E-state index contributed by atoms with van der Waals surface area (Å²) in [7, 11) is 0. The van der Waals surface area contributed by atoms with E-state index in [1.54, 1.807) is 12.1 Å². The Bertz CT molecular complexity index is 889. The zero-order valence-corrected chi connectivity index (χ0v) is 15.7. The molecule has 0 fully saturated rings. The number of halogens is 2. The van der Waals surface area contributed by atoms with Gasteiger partial charge in [-0.05, 0) is 64.9 Å². The summed E-state index contributed by atoms with van der Waals surface area (Å²) in [6.07, 6.45) is 1.70. The molecule has 0 radical (unpaired) electrons. The second kappa shape index (κ2) is 7.07. The number of benzene rings is 2. The molecule has 1 aliphatic heterocycles. The van der Waals surface area contributed by atoms with Gasteiger partial charge in [0.15, 0.2) is 0 Å². The van der Waals surface area contributed by atoms with Crippen LogP contribution in [0.2, 0.25) is 10.0 Å². The minimum absolute atomic E-state index is 0.0321. The first-order valence-corrected chi connectivity index (χ1v) is 9.47. The predicted octanol–water partition coefficient (Wildman–Crippen LogP) is 4.31. The third kappa shape index (κ3) is 3.16. The highest BCUT2D eigenvalue weighted by atomic mass is 35.5. The number of fused-ring (bicyclic) bond motifs is 2. The molecule has 2 aromatic rings. The Morgan fingerprint density at radius 2 is 1.85 bits per heavy atom. The molecule has 0 saturated carbocycles. The van der Waals surface area contributed by atoms with Gasteiger partial charge in [0.05, 0.1) is 12.5 Å². The van der Waals surface area contributed by atoms with E-state index in [1.165, 1.54) is 22.3 Å². The van der Waals surface area contributed by atoms with Gasteiger partial charge in [-0.2, -0.15) is 0 Å². The molecule has 0 saturated heterocycles. The maximum Gasteiger partial charge on any atom is 0.232 e. The van der Waals surface area contributed by atoms with Crippen LogP contribution in [-0.4, -0.2) is 35.6 Å². The summed E-state index contributed by atoms with van der Waals surface area (Å²) >= 11 is 12.1. The van der Waals surface area contributed by atoms with Crippen molar-refractivity contribution in [3.05, 3.63) is 74.8 Å². The van der Waals surface area contributed by atoms with E-state index in [1.807, 2.05) is 29.2 Å². The van der Waals surface area contributed by atoms with Gasteiger partial charge in [-0.15, -0.1) is 0 Å². The van der Waals surface area contributed by atoms with Gasteiger partial charge in [0.1, 0.15) is 0 Å². The fraction of sp³-hybridized carbons (Fsp3) is 0.286. The first-order chi connectivity index (χ1) is 12.6. The standard InChI is InChI=1S/C21H19Cl2NO2/c22-16-4-1-13(2-5-16)20(12-25)21(26)24-8-7-18-15(11-24)9-14-3-6-17(23)10-19(14)18/h1-6,10,20,25H,7-9,11-12H2. The van der Waals surface area contributed by atoms with E-state index in [2.05, 4.69) is 6.07 Å². The van der Waals surface area contributed by atoms with Gasteiger partial charge in [0.25, 0.3) is 0 Å². The number of nitrogens with zero attached hydrogens (tertiary/aromatic N) is 1. The zero-order chi connectivity index (χ0) is 18.3. The minimum atomic E-state index is -0.548. The molecule has 2 aromatic carbocycles. The van der Waals surface area contributed by atoms with Gasteiger partial charge in [-0.25, -0.2) is 0 Å². The van der Waals surface area contributed by atoms with Crippen LogP contribution < -0.4 is 0 Å². The van der Waals surface area contributed by atoms with Gasteiger partial charge < -0.3 is 10.0 Å². The smallest absolute Gasteiger partial charge is 0.232 e. The third-order valence-electron chi connectivity index (χ3n) is 5.31. The van der Waals surface area contributed by atoms with E-state index in [0.29, 0.717) is 18.1 Å². The summed E-state index contributed by atoms with van der Waals surface area (Å²) in [4.78, 5) is 14.9. The van der Waals surface area contributed by atoms with Crippen LogP contribution in [0.15, 0.2) is 48.0 Å². The van der Waals surface area contributed by atoms with E-state index in [9.17, 15) is 9.90 Å². The quantitative estimate of drug-likeness (QED) is 0.851. The lowest BCUT2D eigenvalue weighted by Crippen LogP contribution is -2.40. The molecule has 134 valence electrons. The summed E-state index contributed by atoms with van der Waals surface area (Å²) < 4.78 is 0. The Labute approximate surface area is 162 Å². The number of hydrogen-bond donors (Lipinski definition) is 1. The molecule has 26 heavy (non-hydrogen) atoms. The second-order valence-corrected chi connectivity index (χ2v) is 7.73. The summed E-state index contributed by atoms with van der Waals surface area (Å²) in [6, 6.07) is 13.1. The summed E-state index contributed by atoms with van der Waals surface area (Å²) in [5.74, 6) is -0.581. The monoisotopic (exact) mass is 387 g/mol. The lowest BCUT2D eigenvalue weighted by atomic mass is 9.95. The lowest BCUT2D eigenvalue weighted by Gasteiger charge is -2.31. The Morgan fingerprint density at radius 3 is 2.58 bits per heavy atom. The molecule has 1 aliphatic carbocycles. The van der Waals surface area contributed by atoms with Gasteiger partial charge in [-0.3, -0.25) is 4.79 Å². The average Bonchev–Trinajstić information content (AvgIpc) is 3.00. The molecule has 0 aromatic heterocycles. The van der Waals surface area contributed by atoms with Crippen LogP contribution in [0, 0.1) is 0 Å². The molecule has 4 rings (SSSR count). The molecule has 1 amide bonds. The van der Waals surface area contributed by atoms with Crippen molar-refractivity contribution in [1.29, 1.82) is 0 Å². The molecule has 1 N–H and O–H groups in total. The topological polar surface area (TPSA) is 40.5 Å². The van der Waals surface area contributed by atoms with Crippen molar-refractivity contribution in [2.24, 2.45) is 0 Å². The minimum Gasteiger partial charge on any atom is -0.395 e. The summed E-state index contributed by atoms with van der Waals surface area (Å²) in [6.45, 7) is 1.07. The summed E-state index contributed by atoms with van der Waals surface area (Å²) in [5, 5.41) is 11.2. The van der Waals surface area contributed by atoms with Gasteiger partial charge in [0.2, 0.25) is 5.91 Å². The normalized spacial score (nSPS) is 17.1. The highest BCUT2D eigenvalue weighted by Gasteiger charge is 2.32. The van der Waals surface area contributed by atoms with Crippen molar-refractivity contribution < 1.29 is 9.90 Å². The summed E-state index contributed by atoms with van der Waals surface area (Å²) in [5.41, 5.74) is 5.93. The van der Waals surface area contributed by atoms with Crippen molar-refractivity contribution in [1.82, 2.24) is 4.90 Å². The molecule has 2 aliphatic rings. The van der Waals surface area contributed by atoms with Crippen LogP contribution in [0.25, 0.3) is 5.57 Å². The van der Waals surface area contributed by atoms with Crippen LogP contribution in [-0.2, 0) is 11.2 Å². The van der Waals surface area contributed by atoms with Crippen LogP contribution in [0.1, 0.15) is 29.0 Å². The fourth-order valence-corrected chi connectivity index (χ4v) is 4.26. The predicted molar refractivity (Wildman–Crippen MR) is 105 cm³/mol. The first-order valence-electron chi connectivity index (χ1n) is 8.71. The number of hydrogen-bond acceptors (Lipinski definition) is 2. The molecule has 1 atom stereocenters. The number of carbonyl (C=O) groups is 1. The van der Waals surface area contributed by atoms with Crippen molar-refractivity contribution >= 4 is 34.7 Å². The maximum absolute atomic E-state index is 13.0. The number of amides is 1. The van der Waals surface area contributed by atoms with E-state index in [-0.39, 0.29) is 12.5 Å². The van der Waals surface area contributed by atoms with Crippen LogP contribution in [0.3, 0.4) is 0 Å². The lowest BCUT2D eigenvalue weighted by molar-refractivity contribution is -0.133. The average molecular weight is 388 g/mol. The number of aliphatic hydroxyl groups excluding tert-OH is 1. The molecule has 3 nitrogen and oxygen atoms in total. The van der Waals surface area contributed by atoms with Gasteiger partial charge in [0, 0.05) is 23.1 Å². The van der Waals surface area contributed by atoms with Gasteiger partial charge in [-0.1, -0.05) is 41.4 Å². The van der Waals surface area contributed by atoms with Crippen molar-refractivity contribution in [2.45, 2.75) is 18.8 Å². The van der Waals surface area contributed by atoms with Crippen molar-refractivity contribution in [2.75, 3.05) is 19.7 Å². The van der Waals surface area contributed by atoms with Gasteiger partial charge >= 0.3 is 0 Å². The van der Waals surface area contributed by atoms with E-state index in [4.69, 9.17) is 23.2 Å². The molecular weight excluding hydrogens is 369 g/mol. The van der Waals surface area contributed by atoms with Crippen LogP contribution >= 0.6 is 23.2 Å². The second-order valence-electron chi connectivity index (χ2n) is 6.86. The van der Waals surface area contributed by atoms with Crippen molar-refractivity contribution in [3.8, 4) is 0 Å². The number of rotatable bonds is 3. The van der Waals surface area contributed by atoms with E-state index < -0.39 is 5.92 Å². The molecule has 0 spiro atoms. The van der Waals surface area contributed by atoms with E-state index in [0.717, 1.165) is 23.4 Å². The van der Waals surface area contributed by atoms with Crippen molar-refractivity contribution in [3.63, 3.8) is 0 Å².